The average molecular weight is 281 g/mol. The van der Waals surface area contributed by atoms with Crippen LogP contribution in [0.5, 0.6) is 5.75 Å². The van der Waals surface area contributed by atoms with E-state index in [1.807, 2.05) is 7.05 Å². The van der Waals surface area contributed by atoms with Crippen molar-refractivity contribution in [2.45, 2.75) is 38.8 Å². The van der Waals surface area contributed by atoms with E-state index < -0.39 is 0 Å². The van der Waals surface area contributed by atoms with Crippen LogP contribution in [0.25, 0.3) is 0 Å². The summed E-state index contributed by atoms with van der Waals surface area (Å²) in [5.41, 5.74) is 5.19. The lowest BCUT2D eigenvalue weighted by molar-refractivity contribution is 0.154. The number of benzene rings is 2. The predicted octanol–water partition coefficient (Wildman–Crippen LogP) is 4.34. The Morgan fingerprint density at radius 3 is 2.57 bits per heavy atom. The minimum Gasteiger partial charge on any atom is -0.485 e. The molecule has 21 heavy (non-hydrogen) atoms. The summed E-state index contributed by atoms with van der Waals surface area (Å²) >= 11 is 0. The van der Waals surface area contributed by atoms with Crippen molar-refractivity contribution >= 4 is 0 Å². The third-order valence-electron chi connectivity index (χ3n) is 4.37. The minimum atomic E-state index is 0.128. The molecule has 2 atom stereocenters. The molecule has 110 valence electrons. The number of fused-ring (bicyclic) bond motifs is 1. The molecule has 0 amide bonds. The van der Waals surface area contributed by atoms with Crippen LogP contribution in [-0.4, -0.2) is 7.05 Å². The van der Waals surface area contributed by atoms with Gasteiger partial charge < -0.3 is 10.1 Å². The molecular weight excluding hydrogens is 258 g/mol. The van der Waals surface area contributed by atoms with Gasteiger partial charge in [-0.1, -0.05) is 48.9 Å². The fourth-order valence-electron chi connectivity index (χ4n) is 3.04. The molecule has 0 saturated heterocycles. The molecule has 2 nitrogen and oxygen atoms in total. The van der Waals surface area contributed by atoms with Crippen molar-refractivity contribution in [2.24, 2.45) is 0 Å². The van der Waals surface area contributed by atoms with E-state index in [0.717, 1.165) is 18.6 Å². The molecule has 0 bridgehead atoms. The summed E-state index contributed by atoms with van der Waals surface area (Å²) in [6.07, 6.45) is 2.18. The van der Waals surface area contributed by atoms with Gasteiger partial charge in [-0.05, 0) is 37.6 Å². The van der Waals surface area contributed by atoms with Gasteiger partial charge in [-0.15, -0.1) is 0 Å². The molecular formula is C19H23NO. The normalized spacial score (nSPS) is 20.7. The van der Waals surface area contributed by atoms with Gasteiger partial charge >= 0.3 is 0 Å². The average Bonchev–Trinajstić information content (AvgIpc) is 2.54. The first-order valence-electron chi connectivity index (χ1n) is 7.74. The van der Waals surface area contributed by atoms with Gasteiger partial charge in [-0.25, -0.2) is 0 Å². The molecule has 0 aromatic heterocycles. The largest absolute Gasteiger partial charge is 0.485 e. The van der Waals surface area contributed by atoms with Crippen molar-refractivity contribution in [1.82, 2.24) is 5.32 Å². The highest BCUT2D eigenvalue weighted by Gasteiger charge is 2.28. The van der Waals surface area contributed by atoms with Crippen LogP contribution in [0.1, 0.15) is 47.7 Å². The van der Waals surface area contributed by atoms with Crippen molar-refractivity contribution in [2.75, 3.05) is 7.05 Å². The first-order chi connectivity index (χ1) is 10.2. The molecule has 2 heteroatoms. The van der Waals surface area contributed by atoms with E-state index in [1.165, 1.54) is 22.3 Å². The summed E-state index contributed by atoms with van der Waals surface area (Å²) in [4.78, 5) is 0. The monoisotopic (exact) mass is 281 g/mol. The Morgan fingerprint density at radius 1 is 1.14 bits per heavy atom. The Bertz CT molecular complexity index is 618. The van der Waals surface area contributed by atoms with Gasteiger partial charge in [0.05, 0.1) is 0 Å². The smallest absolute Gasteiger partial charge is 0.126 e. The lowest BCUT2D eigenvalue weighted by atomic mass is 9.92. The van der Waals surface area contributed by atoms with Crippen LogP contribution in [0.3, 0.4) is 0 Å². The fraction of sp³-hybridized carbons (Fsp3) is 0.368. The number of hydrogen-bond donors (Lipinski definition) is 1. The van der Waals surface area contributed by atoms with Gasteiger partial charge in [-0.3, -0.25) is 0 Å². The quantitative estimate of drug-likeness (QED) is 0.903. The summed E-state index contributed by atoms with van der Waals surface area (Å²) in [5.74, 6) is 1.01. The highest BCUT2D eigenvalue weighted by atomic mass is 16.5. The van der Waals surface area contributed by atoms with Gasteiger partial charge in [0.1, 0.15) is 11.9 Å². The second kappa shape index (κ2) is 5.90. The van der Waals surface area contributed by atoms with Gasteiger partial charge in [0.15, 0.2) is 0 Å². The number of ether oxygens (including phenoxy) is 1. The zero-order chi connectivity index (χ0) is 14.8. The number of hydrogen-bond acceptors (Lipinski definition) is 2. The Labute approximate surface area is 127 Å². The van der Waals surface area contributed by atoms with Crippen LogP contribution in [0.4, 0.5) is 0 Å². The first kappa shape index (κ1) is 14.2. The fourth-order valence-corrected chi connectivity index (χ4v) is 3.04. The summed E-state index contributed by atoms with van der Waals surface area (Å²) < 4.78 is 6.24. The van der Waals surface area contributed by atoms with Gasteiger partial charge in [-0.2, -0.15) is 0 Å². The lowest BCUT2D eigenvalue weighted by Crippen LogP contribution is -2.26. The van der Waals surface area contributed by atoms with E-state index in [1.54, 1.807) is 0 Å². The number of aryl methyl sites for hydroxylation is 2. The van der Waals surface area contributed by atoms with E-state index in [9.17, 15) is 0 Å². The van der Waals surface area contributed by atoms with Crippen molar-refractivity contribution < 1.29 is 4.74 Å². The van der Waals surface area contributed by atoms with Crippen LogP contribution in [0.2, 0.25) is 0 Å². The second-order valence-electron chi connectivity index (χ2n) is 5.82. The van der Waals surface area contributed by atoms with Gasteiger partial charge in [0.25, 0.3) is 0 Å². The molecule has 1 heterocycles. The summed E-state index contributed by atoms with van der Waals surface area (Å²) in [6, 6.07) is 15.6. The minimum absolute atomic E-state index is 0.128. The van der Waals surface area contributed by atoms with Crippen molar-refractivity contribution in [3.05, 3.63) is 64.7 Å². The molecule has 1 aliphatic rings. The maximum Gasteiger partial charge on any atom is 0.126 e. The van der Waals surface area contributed by atoms with Crippen molar-refractivity contribution in [1.29, 1.82) is 0 Å². The van der Waals surface area contributed by atoms with E-state index in [2.05, 4.69) is 61.6 Å². The highest BCUT2D eigenvalue weighted by Crippen LogP contribution is 2.40. The van der Waals surface area contributed by atoms with Crippen LogP contribution in [0, 0.1) is 6.92 Å². The third-order valence-corrected chi connectivity index (χ3v) is 4.37. The van der Waals surface area contributed by atoms with Crippen LogP contribution < -0.4 is 10.1 Å². The van der Waals surface area contributed by atoms with E-state index in [4.69, 9.17) is 4.74 Å². The predicted molar refractivity (Wildman–Crippen MR) is 86.8 cm³/mol. The van der Waals surface area contributed by atoms with Crippen molar-refractivity contribution in [3.63, 3.8) is 0 Å². The van der Waals surface area contributed by atoms with E-state index in [0.29, 0.717) is 6.04 Å². The maximum atomic E-state index is 6.24. The molecule has 2 unspecified atom stereocenters. The number of rotatable bonds is 3. The Kier molecular flexibility index (Phi) is 3.98. The summed E-state index contributed by atoms with van der Waals surface area (Å²) in [7, 11) is 2.03. The van der Waals surface area contributed by atoms with E-state index in [-0.39, 0.29) is 6.10 Å². The molecule has 0 saturated carbocycles. The molecule has 2 aromatic rings. The zero-order valence-electron chi connectivity index (χ0n) is 13.0. The van der Waals surface area contributed by atoms with Crippen LogP contribution in [-0.2, 0) is 6.42 Å². The molecule has 2 aromatic carbocycles. The molecule has 1 aliphatic heterocycles. The molecule has 1 N–H and O–H groups in total. The standard InChI is InChI=1S/C19H23NO/c1-4-14-6-8-15(9-7-14)19-12-17(20-3)16-11-13(2)5-10-18(16)21-19/h5-11,17,19-20H,4,12H2,1-3H3. The zero-order valence-corrected chi connectivity index (χ0v) is 13.0. The molecule has 3 rings (SSSR count). The molecule has 0 radical (unpaired) electrons. The molecule has 0 aliphatic carbocycles. The number of nitrogens with one attached hydrogen (secondary N) is 1. The van der Waals surface area contributed by atoms with Gasteiger partial charge in [0.2, 0.25) is 0 Å². The molecule has 0 spiro atoms. The topological polar surface area (TPSA) is 21.3 Å². The van der Waals surface area contributed by atoms with Crippen molar-refractivity contribution in [3.8, 4) is 5.75 Å². The Hall–Kier alpha value is -1.80. The van der Waals surface area contributed by atoms with Crippen LogP contribution >= 0.6 is 0 Å². The first-order valence-corrected chi connectivity index (χ1v) is 7.74. The molecule has 0 fully saturated rings. The van der Waals surface area contributed by atoms with Gasteiger partial charge in [0, 0.05) is 18.0 Å². The summed E-state index contributed by atoms with van der Waals surface area (Å²) in [6.45, 7) is 4.31. The lowest BCUT2D eigenvalue weighted by Gasteiger charge is -2.32. The SMILES string of the molecule is CCc1ccc(C2CC(NC)c3cc(C)ccc3O2)cc1. The van der Waals surface area contributed by atoms with Crippen LogP contribution in [0.15, 0.2) is 42.5 Å². The van der Waals surface area contributed by atoms with E-state index >= 15 is 0 Å². The maximum absolute atomic E-state index is 6.24. The Morgan fingerprint density at radius 2 is 1.90 bits per heavy atom. The third kappa shape index (κ3) is 2.81. The second-order valence-corrected chi connectivity index (χ2v) is 5.82. The summed E-state index contributed by atoms with van der Waals surface area (Å²) in [5, 5.41) is 3.43. The highest BCUT2D eigenvalue weighted by molar-refractivity contribution is 5.42. The Balaban J connectivity index is 1.90.